The number of nitrogens with one attached hydrogen (secondary N) is 1. The number of thioether (sulfide) groups is 1. The molecule has 0 radical (unpaired) electrons. The summed E-state index contributed by atoms with van der Waals surface area (Å²) in [5.74, 6) is -3.89. The zero-order chi connectivity index (χ0) is 20.1. The highest BCUT2D eigenvalue weighted by atomic mass is 32.2. The second-order valence-electron chi connectivity index (χ2n) is 4.99. The standard InChI is InChI=1S/C15H14F3NO6S/c1-7(20)19-11(13(22)23)6-26-14(24)10-4-3-9(15(16,17)18)5-12(10)25-8(2)21/h3-5,11H,6H2,1-2H3,(H,19,20)(H,22,23). The second kappa shape index (κ2) is 8.70. The molecule has 11 heteroatoms. The predicted molar refractivity (Wildman–Crippen MR) is 84.8 cm³/mol. The van der Waals surface area contributed by atoms with Crippen LogP contribution in [0.1, 0.15) is 29.8 Å². The Morgan fingerprint density at radius 1 is 1.23 bits per heavy atom. The summed E-state index contributed by atoms with van der Waals surface area (Å²) in [4.78, 5) is 45.2. The smallest absolute Gasteiger partial charge is 0.416 e. The van der Waals surface area contributed by atoms with Gasteiger partial charge < -0.3 is 15.2 Å². The first-order chi connectivity index (χ1) is 11.9. The fraction of sp³-hybridized carbons (Fsp3) is 0.333. The van der Waals surface area contributed by atoms with E-state index in [-0.39, 0.29) is 11.3 Å². The van der Waals surface area contributed by atoms with Gasteiger partial charge in [-0.2, -0.15) is 13.2 Å². The number of amides is 1. The molecule has 0 fully saturated rings. The molecular formula is C15H14F3NO6S. The van der Waals surface area contributed by atoms with Gasteiger partial charge in [0.25, 0.3) is 0 Å². The van der Waals surface area contributed by atoms with Crippen molar-refractivity contribution in [1.82, 2.24) is 5.32 Å². The Morgan fingerprint density at radius 2 is 1.85 bits per heavy atom. The van der Waals surface area contributed by atoms with Gasteiger partial charge in [-0.25, -0.2) is 4.79 Å². The maximum absolute atomic E-state index is 12.8. The van der Waals surface area contributed by atoms with Crippen molar-refractivity contribution in [3.63, 3.8) is 0 Å². The van der Waals surface area contributed by atoms with E-state index in [1.54, 1.807) is 0 Å². The normalized spacial score (nSPS) is 12.2. The van der Waals surface area contributed by atoms with Crippen LogP contribution < -0.4 is 10.1 Å². The minimum absolute atomic E-state index is 0.329. The summed E-state index contributed by atoms with van der Waals surface area (Å²) in [6.07, 6.45) is -4.70. The van der Waals surface area contributed by atoms with Crippen LogP contribution in [0.25, 0.3) is 0 Å². The number of benzene rings is 1. The lowest BCUT2D eigenvalue weighted by Crippen LogP contribution is -2.41. The zero-order valence-corrected chi connectivity index (χ0v) is 14.4. The molecule has 1 unspecified atom stereocenters. The first-order valence-corrected chi connectivity index (χ1v) is 7.97. The third-order valence-corrected chi connectivity index (χ3v) is 3.82. The molecule has 0 aliphatic heterocycles. The lowest BCUT2D eigenvalue weighted by atomic mass is 10.1. The van der Waals surface area contributed by atoms with Crippen molar-refractivity contribution in [1.29, 1.82) is 0 Å². The Morgan fingerprint density at radius 3 is 2.31 bits per heavy atom. The van der Waals surface area contributed by atoms with Crippen LogP contribution >= 0.6 is 11.8 Å². The van der Waals surface area contributed by atoms with Crippen LogP contribution in [0, 0.1) is 0 Å². The maximum Gasteiger partial charge on any atom is 0.416 e. The average Bonchev–Trinajstić information content (AvgIpc) is 2.48. The van der Waals surface area contributed by atoms with Crippen molar-refractivity contribution in [2.24, 2.45) is 0 Å². The van der Waals surface area contributed by atoms with E-state index in [1.165, 1.54) is 0 Å². The summed E-state index contributed by atoms with van der Waals surface area (Å²) in [5.41, 5.74) is -1.44. The lowest BCUT2D eigenvalue weighted by Gasteiger charge is -2.14. The number of rotatable bonds is 6. The van der Waals surface area contributed by atoms with Gasteiger partial charge in [0.1, 0.15) is 11.8 Å². The Bertz CT molecular complexity index is 735. The molecule has 0 heterocycles. The molecule has 26 heavy (non-hydrogen) atoms. The number of esters is 1. The van der Waals surface area contributed by atoms with E-state index < -0.39 is 46.5 Å². The molecule has 2 N–H and O–H groups in total. The van der Waals surface area contributed by atoms with Crippen LogP contribution in [-0.4, -0.2) is 39.9 Å². The van der Waals surface area contributed by atoms with Crippen molar-refractivity contribution in [3.8, 4) is 5.75 Å². The van der Waals surface area contributed by atoms with Gasteiger partial charge in [0.15, 0.2) is 0 Å². The fourth-order valence-electron chi connectivity index (χ4n) is 1.76. The summed E-state index contributed by atoms with van der Waals surface area (Å²) in [6.45, 7) is 2.05. The number of ether oxygens (including phenoxy) is 1. The number of aliphatic carboxylic acids is 1. The number of hydrogen-bond acceptors (Lipinski definition) is 6. The van der Waals surface area contributed by atoms with Crippen molar-refractivity contribution in [2.75, 3.05) is 5.75 Å². The average molecular weight is 393 g/mol. The summed E-state index contributed by atoms with van der Waals surface area (Å²) < 4.78 is 43.0. The van der Waals surface area contributed by atoms with Gasteiger partial charge in [-0.3, -0.25) is 14.4 Å². The number of carbonyl (C=O) groups excluding carboxylic acids is 3. The minimum Gasteiger partial charge on any atom is -0.480 e. The Hall–Kier alpha value is -2.56. The van der Waals surface area contributed by atoms with Crippen LogP contribution in [0.4, 0.5) is 13.2 Å². The lowest BCUT2D eigenvalue weighted by molar-refractivity contribution is -0.140. The fourth-order valence-corrected chi connectivity index (χ4v) is 2.63. The molecule has 0 bridgehead atoms. The van der Waals surface area contributed by atoms with Crippen LogP contribution in [-0.2, 0) is 20.6 Å². The molecule has 1 rings (SSSR count). The van der Waals surface area contributed by atoms with Crippen LogP contribution in [0.2, 0.25) is 0 Å². The highest BCUT2D eigenvalue weighted by Gasteiger charge is 2.32. The third-order valence-electron chi connectivity index (χ3n) is 2.84. The molecule has 0 spiro atoms. The van der Waals surface area contributed by atoms with E-state index >= 15 is 0 Å². The number of carboxylic acids is 1. The van der Waals surface area contributed by atoms with E-state index in [0.717, 1.165) is 19.9 Å². The number of carbonyl (C=O) groups is 4. The van der Waals surface area contributed by atoms with Gasteiger partial charge in [-0.15, -0.1) is 0 Å². The molecule has 1 atom stereocenters. The van der Waals surface area contributed by atoms with E-state index in [1.807, 2.05) is 0 Å². The monoisotopic (exact) mass is 393 g/mol. The van der Waals surface area contributed by atoms with Gasteiger partial charge in [-0.05, 0) is 18.2 Å². The topological polar surface area (TPSA) is 110 Å². The number of halogens is 3. The second-order valence-corrected chi connectivity index (χ2v) is 5.98. The van der Waals surface area contributed by atoms with Crippen LogP contribution in [0.5, 0.6) is 5.75 Å². The molecule has 0 aliphatic rings. The van der Waals surface area contributed by atoms with Crippen LogP contribution in [0.15, 0.2) is 18.2 Å². The van der Waals surface area contributed by atoms with Gasteiger partial charge in [0.2, 0.25) is 11.0 Å². The molecule has 1 aromatic rings. The maximum atomic E-state index is 12.8. The van der Waals surface area contributed by atoms with Gasteiger partial charge in [0, 0.05) is 19.6 Å². The number of alkyl halides is 3. The molecule has 1 aromatic carbocycles. The number of carboxylic acid groups (broad SMARTS) is 1. The Kier molecular flexibility index (Phi) is 7.19. The van der Waals surface area contributed by atoms with E-state index in [2.05, 4.69) is 10.1 Å². The highest BCUT2D eigenvalue weighted by Crippen LogP contribution is 2.34. The van der Waals surface area contributed by atoms with Gasteiger partial charge >= 0.3 is 18.1 Å². The molecule has 0 saturated carbocycles. The SMILES string of the molecule is CC(=O)NC(CSC(=O)c1ccc(C(F)(F)F)cc1OC(C)=O)C(=O)O. The molecule has 0 saturated heterocycles. The van der Waals surface area contributed by atoms with Gasteiger partial charge in [0.05, 0.1) is 11.1 Å². The summed E-state index contributed by atoms with van der Waals surface area (Å²) in [6, 6.07) is 0.624. The van der Waals surface area contributed by atoms with Gasteiger partial charge in [-0.1, -0.05) is 11.8 Å². The Labute approximate surface area is 149 Å². The first kappa shape index (κ1) is 21.5. The summed E-state index contributed by atoms with van der Waals surface area (Å²) in [7, 11) is 0. The molecule has 0 aromatic heterocycles. The number of hydrogen-bond donors (Lipinski definition) is 2. The van der Waals surface area contributed by atoms with Crippen molar-refractivity contribution >= 4 is 34.7 Å². The van der Waals surface area contributed by atoms with Crippen molar-refractivity contribution in [3.05, 3.63) is 29.3 Å². The van der Waals surface area contributed by atoms with E-state index in [9.17, 15) is 32.3 Å². The molecule has 1 amide bonds. The first-order valence-electron chi connectivity index (χ1n) is 6.98. The van der Waals surface area contributed by atoms with E-state index in [4.69, 9.17) is 5.11 Å². The molecule has 7 nitrogen and oxygen atoms in total. The summed E-state index contributed by atoms with van der Waals surface area (Å²) in [5, 5.41) is 10.3. The molecular weight excluding hydrogens is 379 g/mol. The Balaban J connectivity index is 3.04. The highest BCUT2D eigenvalue weighted by molar-refractivity contribution is 8.14. The van der Waals surface area contributed by atoms with Crippen LogP contribution in [0.3, 0.4) is 0 Å². The minimum atomic E-state index is -4.70. The third kappa shape index (κ3) is 6.39. The largest absolute Gasteiger partial charge is 0.480 e. The molecule has 142 valence electrons. The molecule has 0 aliphatic carbocycles. The zero-order valence-electron chi connectivity index (χ0n) is 13.5. The van der Waals surface area contributed by atoms with Crippen molar-refractivity contribution in [2.45, 2.75) is 26.1 Å². The predicted octanol–water partition coefficient (Wildman–Crippen LogP) is 2.09. The summed E-state index contributed by atoms with van der Waals surface area (Å²) >= 11 is 0.456. The van der Waals surface area contributed by atoms with Crippen molar-refractivity contribution < 1.29 is 42.2 Å². The quantitative estimate of drug-likeness (QED) is 0.563. The van der Waals surface area contributed by atoms with E-state index in [0.29, 0.717) is 23.9 Å².